The van der Waals surface area contributed by atoms with Crippen LogP contribution in [0.1, 0.15) is 26.7 Å². The maximum absolute atomic E-state index is 12.2. The Morgan fingerprint density at radius 1 is 1.33 bits per heavy atom. The van der Waals surface area contributed by atoms with Crippen LogP contribution in [0.15, 0.2) is 17.3 Å². The lowest BCUT2D eigenvalue weighted by Gasteiger charge is -2.22. The van der Waals surface area contributed by atoms with Gasteiger partial charge in [-0.1, -0.05) is 6.92 Å². The molecule has 0 spiro atoms. The van der Waals surface area contributed by atoms with Crippen LogP contribution >= 0.6 is 0 Å². The molecule has 2 N–H and O–H groups in total. The van der Waals surface area contributed by atoms with Gasteiger partial charge in [-0.3, -0.25) is 4.90 Å². The number of likely N-dealkylation sites (tertiary alicyclic amines) is 1. The van der Waals surface area contributed by atoms with Gasteiger partial charge in [0.15, 0.2) is 0 Å². The van der Waals surface area contributed by atoms with E-state index >= 15 is 0 Å². The van der Waals surface area contributed by atoms with Gasteiger partial charge in [0, 0.05) is 19.1 Å². The number of rotatable bonds is 7. The van der Waals surface area contributed by atoms with Crippen molar-refractivity contribution in [3.05, 3.63) is 12.4 Å². The van der Waals surface area contributed by atoms with E-state index in [1.165, 1.54) is 12.4 Å². The fourth-order valence-electron chi connectivity index (χ4n) is 2.54. The number of hydrogen-bond donors (Lipinski definition) is 2. The molecule has 0 aromatic carbocycles. The zero-order valence-corrected chi connectivity index (χ0v) is 13.4. The summed E-state index contributed by atoms with van der Waals surface area (Å²) in [5.74, 6) is 0.435. The third kappa shape index (κ3) is 4.12. The Kier molecular flexibility index (Phi) is 5.49. The molecule has 0 amide bonds. The summed E-state index contributed by atoms with van der Waals surface area (Å²) in [6.45, 7) is 7.15. The van der Waals surface area contributed by atoms with Gasteiger partial charge < -0.3 is 5.32 Å². The van der Waals surface area contributed by atoms with E-state index in [2.05, 4.69) is 31.8 Å². The molecule has 1 aliphatic rings. The first kappa shape index (κ1) is 16.1. The zero-order valence-electron chi connectivity index (χ0n) is 12.5. The van der Waals surface area contributed by atoms with Crippen molar-refractivity contribution in [2.45, 2.75) is 37.6 Å². The molecule has 21 heavy (non-hydrogen) atoms. The summed E-state index contributed by atoms with van der Waals surface area (Å²) in [6.07, 6.45) is 4.83. The third-order valence-electron chi connectivity index (χ3n) is 3.69. The molecule has 0 bridgehead atoms. The fourth-order valence-corrected chi connectivity index (χ4v) is 3.50. The Balaban J connectivity index is 1.97. The highest BCUT2D eigenvalue weighted by atomic mass is 32.2. The molecule has 8 heteroatoms. The Morgan fingerprint density at radius 3 is 2.67 bits per heavy atom. The second kappa shape index (κ2) is 7.15. The first-order chi connectivity index (χ1) is 10.1. The van der Waals surface area contributed by atoms with Crippen molar-refractivity contribution in [1.82, 2.24) is 19.6 Å². The minimum Gasteiger partial charge on any atom is -0.355 e. The summed E-state index contributed by atoms with van der Waals surface area (Å²) < 4.78 is 27.1. The average Bonchev–Trinajstić information content (AvgIpc) is 2.94. The zero-order chi connectivity index (χ0) is 15.3. The van der Waals surface area contributed by atoms with Crippen molar-refractivity contribution in [3.63, 3.8) is 0 Å². The van der Waals surface area contributed by atoms with Crippen LogP contribution in [0.25, 0.3) is 0 Å². The van der Waals surface area contributed by atoms with E-state index in [4.69, 9.17) is 0 Å². The smallest absolute Gasteiger partial charge is 0.243 e. The summed E-state index contributed by atoms with van der Waals surface area (Å²) in [5.41, 5.74) is 0. The summed E-state index contributed by atoms with van der Waals surface area (Å²) in [5, 5.41) is 2.93. The highest BCUT2D eigenvalue weighted by Crippen LogP contribution is 2.16. The molecule has 7 nitrogen and oxygen atoms in total. The topological polar surface area (TPSA) is 87.2 Å². The van der Waals surface area contributed by atoms with E-state index in [0.29, 0.717) is 19.0 Å². The SMILES string of the molecule is CCNc1ncc(S(=O)(=O)NCC2CCCN2CC)cn1. The predicted molar refractivity (Wildman–Crippen MR) is 81.7 cm³/mol. The van der Waals surface area contributed by atoms with Gasteiger partial charge in [0.25, 0.3) is 0 Å². The Bertz CT molecular complexity index is 546. The molecule has 1 aromatic rings. The predicted octanol–water partition coefficient (Wildman–Crippen LogP) is 0.671. The number of anilines is 1. The van der Waals surface area contributed by atoms with Gasteiger partial charge in [0.1, 0.15) is 4.90 Å². The van der Waals surface area contributed by atoms with Crippen LogP contribution in [-0.2, 0) is 10.0 Å². The number of likely N-dealkylation sites (N-methyl/N-ethyl adjacent to an activating group) is 1. The minimum atomic E-state index is -3.54. The summed E-state index contributed by atoms with van der Waals surface area (Å²) in [4.78, 5) is 10.4. The molecule has 118 valence electrons. The quantitative estimate of drug-likeness (QED) is 0.769. The molecule has 2 heterocycles. The molecule has 0 saturated carbocycles. The molecular weight excluding hydrogens is 290 g/mol. The van der Waals surface area contributed by atoms with Crippen molar-refractivity contribution < 1.29 is 8.42 Å². The first-order valence-corrected chi connectivity index (χ1v) is 8.84. The Labute approximate surface area is 126 Å². The lowest BCUT2D eigenvalue weighted by Crippen LogP contribution is -2.40. The van der Waals surface area contributed by atoms with Crippen LogP contribution in [0.5, 0.6) is 0 Å². The van der Waals surface area contributed by atoms with Crippen LogP contribution < -0.4 is 10.0 Å². The van der Waals surface area contributed by atoms with Crippen molar-refractivity contribution >= 4 is 16.0 Å². The summed E-state index contributed by atoms with van der Waals surface area (Å²) in [7, 11) is -3.54. The normalized spacial score (nSPS) is 19.8. The van der Waals surface area contributed by atoms with Gasteiger partial charge >= 0.3 is 0 Å². The molecule has 0 aliphatic carbocycles. The molecule has 0 radical (unpaired) electrons. The molecular formula is C13H23N5O2S. The maximum atomic E-state index is 12.2. The van der Waals surface area contributed by atoms with Crippen LogP contribution in [0.4, 0.5) is 5.95 Å². The maximum Gasteiger partial charge on any atom is 0.243 e. The van der Waals surface area contributed by atoms with Crippen molar-refractivity contribution in [1.29, 1.82) is 0 Å². The molecule has 1 fully saturated rings. The van der Waals surface area contributed by atoms with Crippen LogP contribution in [0.2, 0.25) is 0 Å². The van der Waals surface area contributed by atoms with E-state index < -0.39 is 10.0 Å². The monoisotopic (exact) mass is 313 g/mol. The molecule has 1 aliphatic heterocycles. The Morgan fingerprint density at radius 2 is 2.05 bits per heavy atom. The van der Waals surface area contributed by atoms with Crippen molar-refractivity contribution in [3.8, 4) is 0 Å². The van der Waals surface area contributed by atoms with E-state index in [1.54, 1.807) is 0 Å². The van der Waals surface area contributed by atoms with Crippen molar-refractivity contribution in [2.24, 2.45) is 0 Å². The van der Waals surface area contributed by atoms with E-state index in [-0.39, 0.29) is 10.9 Å². The van der Waals surface area contributed by atoms with Crippen LogP contribution in [-0.4, -0.2) is 55.5 Å². The van der Waals surface area contributed by atoms with Crippen LogP contribution in [0.3, 0.4) is 0 Å². The Hall–Kier alpha value is -1.25. The number of sulfonamides is 1. The second-order valence-corrected chi connectivity index (χ2v) is 6.82. The number of hydrogen-bond acceptors (Lipinski definition) is 6. The highest BCUT2D eigenvalue weighted by Gasteiger charge is 2.25. The highest BCUT2D eigenvalue weighted by molar-refractivity contribution is 7.89. The van der Waals surface area contributed by atoms with Gasteiger partial charge in [-0.05, 0) is 32.9 Å². The van der Waals surface area contributed by atoms with Gasteiger partial charge in [0.05, 0.1) is 12.4 Å². The lowest BCUT2D eigenvalue weighted by molar-refractivity contribution is 0.268. The number of nitrogens with one attached hydrogen (secondary N) is 2. The summed E-state index contributed by atoms with van der Waals surface area (Å²) >= 11 is 0. The average molecular weight is 313 g/mol. The van der Waals surface area contributed by atoms with Gasteiger partial charge in [-0.2, -0.15) is 0 Å². The fraction of sp³-hybridized carbons (Fsp3) is 0.692. The molecule has 1 unspecified atom stereocenters. The summed E-state index contributed by atoms with van der Waals surface area (Å²) in [6, 6.07) is 0.284. The second-order valence-electron chi connectivity index (χ2n) is 5.05. The molecule has 2 rings (SSSR count). The lowest BCUT2D eigenvalue weighted by atomic mass is 10.2. The van der Waals surface area contributed by atoms with Crippen LogP contribution in [0, 0.1) is 0 Å². The van der Waals surface area contributed by atoms with E-state index in [9.17, 15) is 8.42 Å². The van der Waals surface area contributed by atoms with Gasteiger partial charge in [-0.25, -0.2) is 23.1 Å². The minimum absolute atomic E-state index is 0.102. The molecule has 1 saturated heterocycles. The van der Waals surface area contributed by atoms with Gasteiger partial charge in [-0.15, -0.1) is 0 Å². The van der Waals surface area contributed by atoms with Gasteiger partial charge in [0.2, 0.25) is 16.0 Å². The largest absolute Gasteiger partial charge is 0.355 e. The number of aromatic nitrogens is 2. The standard InChI is InChI=1S/C13H23N5O2S/c1-3-14-13-15-9-12(10-16-13)21(19,20)17-8-11-6-5-7-18(11)4-2/h9-11,17H,3-8H2,1-2H3,(H,14,15,16). The van der Waals surface area contributed by atoms with E-state index in [0.717, 1.165) is 25.9 Å². The third-order valence-corrected chi connectivity index (χ3v) is 5.07. The molecule has 1 aromatic heterocycles. The van der Waals surface area contributed by atoms with Crippen molar-refractivity contribution in [2.75, 3.05) is 31.5 Å². The first-order valence-electron chi connectivity index (χ1n) is 7.36. The molecule has 1 atom stereocenters. The number of nitrogens with zero attached hydrogens (tertiary/aromatic N) is 3. The van der Waals surface area contributed by atoms with E-state index in [1.807, 2.05) is 6.92 Å².